The van der Waals surface area contributed by atoms with Crippen LogP contribution in [-0.2, 0) is 6.54 Å². The second-order valence-electron chi connectivity index (χ2n) is 4.67. The fourth-order valence-corrected chi connectivity index (χ4v) is 2.16. The van der Waals surface area contributed by atoms with Gasteiger partial charge in [-0.1, -0.05) is 19.1 Å². The van der Waals surface area contributed by atoms with Crippen molar-refractivity contribution in [1.29, 1.82) is 0 Å². The number of nitrogens with one attached hydrogen (secondary N) is 1. The summed E-state index contributed by atoms with van der Waals surface area (Å²) in [4.78, 5) is 3.81. The van der Waals surface area contributed by atoms with Gasteiger partial charge in [-0.15, -0.1) is 5.10 Å². The van der Waals surface area contributed by atoms with E-state index in [4.69, 9.17) is 0 Å². The SMILES string of the molecule is CCCNC(c1ccncc1F)c1cnnn1CCC. The summed E-state index contributed by atoms with van der Waals surface area (Å²) in [5.74, 6) is -0.314. The zero-order valence-electron chi connectivity index (χ0n) is 11.9. The molecule has 0 amide bonds. The Morgan fingerprint density at radius 2 is 2.15 bits per heavy atom. The molecule has 0 saturated heterocycles. The van der Waals surface area contributed by atoms with E-state index >= 15 is 0 Å². The van der Waals surface area contributed by atoms with Crippen molar-refractivity contribution in [2.24, 2.45) is 0 Å². The van der Waals surface area contributed by atoms with Crippen LogP contribution < -0.4 is 5.32 Å². The standard InChI is InChI=1S/C14H20FN5/c1-3-6-17-14(11-5-7-16-9-12(11)15)13-10-18-19-20(13)8-4-2/h5,7,9-10,14,17H,3-4,6,8H2,1-2H3. The van der Waals surface area contributed by atoms with Gasteiger partial charge in [-0.3, -0.25) is 4.98 Å². The van der Waals surface area contributed by atoms with Crippen molar-refractivity contribution in [3.63, 3.8) is 0 Å². The molecule has 1 N–H and O–H groups in total. The molecule has 0 fully saturated rings. The minimum absolute atomic E-state index is 0.250. The Bertz CT molecular complexity index is 540. The predicted molar refractivity (Wildman–Crippen MR) is 74.6 cm³/mol. The number of rotatable bonds is 7. The Kier molecular flexibility index (Phi) is 5.17. The molecule has 5 nitrogen and oxygen atoms in total. The van der Waals surface area contributed by atoms with Gasteiger partial charge >= 0.3 is 0 Å². The minimum Gasteiger partial charge on any atom is -0.305 e. The second-order valence-corrected chi connectivity index (χ2v) is 4.67. The van der Waals surface area contributed by atoms with Gasteiger partial charge in [0.2, 0.25) is 0 Å². The molecule has 0 bridgehead atoms. The Labute approximate surface area is 118 Å². The van der Waals surface area contributed by atoms with Gasteiger partial charge in [-0.2, -0.15) is 0 Å². The third kappa shape index (κ3) is 3.19. The maximum absolute atomic E-state index is 14.0. The van der Waals surface area contributed by atoms with Crippen LogP contribution in [0.5, 0.6) is 0 Å². The van der Waals surface area contributed by atoms with Crippen LogP contribution in [0.1, 0.15) is 44.0 Å². The van der Waals surface area contributed by atoms with Gasteiger partial charge in [-0.05, 0) is 25.5 Å². The minimum atomic E-state index is -0.314. The molecule has 0 radical (unpaired) electrons. The highest BCUT2D eigenvalue weighted by Gasteiger charge is 2.21. The van der Waals surface area contributed by atoms with Gasteiger partial charge in [0.05, 0.1) is 24.1 Å². The van der Waals surface area contributed by atoms with Gasteiger partial charge in [0, 0.05) is 18.3 Å². The quantitative estimate of drug-likeness (QED) is 0.844. The summed E-state index contributed by atoms with van der Waals surface area (Å²) in [7, 11) is 0. The number of pyridine rings is 1. The number of hydrogen-bond donors (Lipinski definition) is 1. The second kappa shape index (κ2) is 7.09. The van der Waals surface area contributed by atoms with E-state index in [2.05, 4.69) is 34.5 Å². The van der Waals surface area contributed by atoms with E-state index in [1.54, 1.807) is 18.5 Å². The van der Waals surface area contributed by atoms with Crippen LogP contribution in [0.3, 0.4) is 0 Å². The number of aryl methyl sites for hydroxylation is 1. The number of nitrogens with zero attached hydrogens (tertiary/aromatic N) is 4. The molecular formula is C14H20FN5. The molecule has 6 heteroatoms. The lowest BCUT2D eigenvalue weighted by atomic mass is 10.0. The lowest BCUT2D eigenvalue weighted by molar-refractivity contribution is 0.487. The third-order valence-electron chi connectivity index (χ3n) is 3.09. The maximum atomic E-state index is 14.0. The van der Waals surface area contributed by atoms with Gasteiger partial charge in [-0.25, -0.2) is 9.07 Å². The fourth-order valence-electron chi connectivity index (χ4n) is 2.16. The summed E-state index contributed by atoms with van der Waals surface area (Å²) in [6.07, 6.45) is 6.47. The fraction of sp³-hybridized carbons (Fsp3) is 0.500. The van der Waals surface area contributed by atoms with Crippen molar-refractivity contribution in [1.82, 2.24) is 25.3 Å². The lowest BCUT2D eigenvalue weighted by Crippen LogP contribution is -2.26. The van der Waals surface area contributed by atoms with E-state index in [0.717, 1.165) is 31.6 Å². The largest absolute Gasteiger partial charge is 0.305 e. The van der Waals surface area contributed by atoms with Crippen molar-refractivity contribution in [3.8, 4) is 0 Å². The highest BCUT2D eigenvalue weighted by Crippen LogP contribution is 2.23. The van der Waals surface area contributed by atoms with Crippen LogP contribution in [0.15, 0.2) is 24.7 Å². The summed E-state index contributed by atoms with van der Waals surface area (Å²) >= 11 is 0. The van der Waals surface area contributed by atoms with Gasteiger partial charge in [0.15, 0.2) is 0 Å². The first-order chi connectivity index (χ1) is 9.77. The van der Waals surface area contributed by atoms with Crippen LogP contribution >= 0.6 is 0 Å². The van der Waals surface area contributed by atoms with E-state index in [9.17, 15) is 4.39 Å². The van der Waals surface area contributed by atoms with Crippen LogP contribution in [-0.4, -0.2) is 26.5 Å². The van der Waals surface area contributed by atoms with Gasteiger partial charge < -0.3 is 5.32 Å². The van der Waals surface area contributed by atoms with Gasteiger partial charge in [0.25, 0.3) is 0 Å². The molecular weight excluding hydrogens is 257 g/mol. The lowest BCUT2D eigenvalue weighted by Gasteiger charge is -2.20. The van der Waals surface area contributed by atoms with Crippen molar-refractivity contribution in [2.45, 2.75) is 39.3 Å². The molecule has 1 unspecified atom stereocenters. The Morgan fingerprint density at radius 1 is 1.30 bits per heavy atom. The molecule has 0 spiro atoms. The van der Waals surface area contributed by atoms with E-state index in [1.165, 1.54) is 6.20 Å². The summed E-state index contributed by atoms with van der Waals surface area (Å²) < 4.78 is 15.9. The zero-order chi connectivity index (χ0) is 14.4. The molecule has 20 heavy (non-hydrogen) atoms. The third-order valence-corrected chi connectivity index (χ3v) is 3.09. The molecule has 0 aliphatic carbocycles. The molecule has 1 atom stereocenters. The normalized spacial score (nSPS) is 12.6. The first kappa shape index (κ1) is 14.6. The van der Waals surface area contributed by atoms with E-state index in [0.29, 0.717) is 5.56 Å². The van der Waals surface area contributed by atoms with E-state index in [-0.39, 0.29) is 11.9 Å². The number of halogens is 1. The molecule has 108 valence electrons. The van der Waals surface area contributed by atoms with Crippen molar-refractivity contribution in [3.05, 3.63) is 41.7 Å². The number of hydrogen-bond acceptors (Lipinski definition) is 4. The van der Waals surface area contributed by atoms with Crippen LogP contribution in [0.25, 0.3) is 0 Å². The average molecular weight is 277 g/mol. The van der Waals surface area contributed by atoms with Crippen molar-refractivity contribution in [2.75, 3.05) is 6.54 Å². The molecule has 2 heterocycles. The van der Waals surface area contributed by atoms with Crippen molar-refractivity contribution < 1.29 is 4.39 Å². The predicted octanol–water partition coefficient (Wildman–Crippen LogP) is 2.31. The molecule has 0 aromatic carbocycles. The molecule has 2 rings (SSSR count). The summed E-state index contributed by atoms with van der Waals surface area (Å²) in [5, 5.41) is 11.4. The molecule has 2 aromatic heterocycles. The van der Waals surface area contributed by atoms with Crippen LogP contribution in [0.4, 0.5) is 4.39 Å². The maximum Gasteiger partial charge on any atom is 0.146 e. The highest BCUT2D eigenvalue weighted by molar-refractivity contribution is 5.26. The number of aromatic nitrogens is 4. The summed E-state index contributed by atoms with van der Waals surface area (Å²) in [6.45, 7) is 5.72. The average Bonchev–Trinajstić information content (AvgIpc) is 2.90. The van der Waals surface area contributed by atoms with Crippen LogP contribution in [0, 0.1) is 5.82 Å². The van der Waals surface area contributed by atoms with E-state index in [1.807, 2.05) is 4.68 Å². The molecule has 0 aliphatic rings. The van der Waals surface area contributed by atoms with Gasteiger partial charge in [0.1, 0.15) is 5.82 Å². The first-order valence-corrected chi connectivity index (χ1v) is 6.99. The highest BCUT2D eigenvalue weighted by atomic mass is 19.1. The van der Waals surface area contributed by atoms with Crippen molar-refractivity contribution >= 4 is 0 Å². The van der Waals surface area contributed by atoms with Crippen LogP contribution in [0.2, 0.25) is 0 Å². The molecule has 2 aromatic rings. The Hall–Kier alpha value is -1.82. The summed E-state index contributed by atoms with van der Waals surface area (Å²) in [6, 6.07) is 1.45. The summed E-state index contributed by atoms with van der Waals surface area (Å²) in [5.41, 5.74) is 1.46. The zero-order valence-corrected chi connectivity index (χ0v) is 11.9. The molecule has 0 aliphatic heterocycles. The smallest absolute Gasteiger partial charge is 0.146 e. The Balaban J connectivity index is 2.37. The van der Waals surface area contributed by atoms with E-state index < -0.39 is 0 Å². The molecule has 0 saturated carbocycles. The first-order valence-electron chi connectivity index (χ1n) is 6.99. The monoisotopic (exact) mass is 277 g/mol. The Morgan fingerprint density at radius 3 is 2.85 bits per heavy atom. The topological polar surface area (TPSA) is 55.6 Å².